The van der Waals surface area contributed by atoms with E-state index in [1.54, 1.807) is 0 Å². The van der Waals surface area contributed by atoms with Gasteiger partial charge in [0, 0.05) is 23.8 Å². The van der Waals surface area contributed by atoms with E-state index in [9.17, 15) is 0 Å². The largest absolute Gasteiger partial charge is 0.367 e. The number of piperidine rings is 1. The summed E-state index contributed by atoms with van der Waals surface area (Å²) in [6, 6.07) is 5.61. The fourth-order valence-corrected chi connectivity index (χ4v) is 3.13. The van der Waals surface area contributed by atoms with E-state index >= 15 is 0 Å². The topological polar surface area (TPSA) is 28.2 Å². The highest BCUT2D eigenvalue weighted by atomic mass is 15.2. The van der Waals surface area contributed by atoms with Gasteiger partial charge in [0.1, 0.15) is 5.82 Å². The Hall–Kier alpha value is -1.09. The monoisotopic (exact) mass is 259 g/mol. The first-order valence-electron chi connectivity index (χ1n) is 7.84. The summed E-state index contributed by atoms with van der Waals surface area (Å²) in [5, 5.41) is 3.61. The highest BCUT2D eigenvalue weighted by Crippen LogP contribution is 2.35. The molecular formula is C16H25N3. The van der Waals surface area contributed by atoms with E-state index < -0.39 is 0 Å². The van der Waals surface area contributed by atoms with Crippen LogP contribution < -0.4 is 5.32 Å². The van der Waals surface area contributed by atoms with Gasteiger partial charge in [0.15, 0.2) is 0 Å². The summed E-state index contributed by atoms with van der Waals surface area (Å²) in [6.07, 6.45) is 9.75. The van der Waals surface area contributed by atoms with E-state index in [1.807, 2.05) is 6.20 Å². The maximum absolute atomic E-state index is 4.59. The van der Waals surface area contributed by atoms with E-state index in [-0.39, 0.29) is 0 Å². The van der Waals surface area contributed by atoms with Crippen LogP contribution in [0.15, 0.2) is 18.3 Å². The van der Waals surface area contributed by atoms with Crippen molar-refractivity contribution in [2.45, 2.75) is 57.5 Å². The quantitative estimate of drug-likeness (QED) is 0.876. The molecule has 19 heavy (non-hydrogen) atoms. The Balaban J connectivity index is 1.81. The van der Waals surface area contributed by atoms with Crippen LogP contribution in [0.1, 0.15) is 57.1 Å². The van der Waals surface area contributed by atoms with E-state index in [0.717, 1.165) is 5.82 Å². The van der Waals surface area contributed by atoms with Crippen molar-refractivity contribution in [1.82, 2.24) is 9.88 Å². The van der Waals surface area contributed by atoms with Crippen molar-refractivity contribution in [2.24, 2.45) is 0 Å². The van der Waals surface area contributed by atoms with Crippen LogP contribution in [-0.4, -0.2) is 29.0 Å². The number of rotatable bonds is 5. The van der Waals surface area contributed by atoms with Crippen LogP contribution in [0, 0.1) is 0 Å². The summed E-state index contributed by atoms with van der Waals surface area (Å²) in [5.74, 6) is 1.14. The van der Waals surface area contributed by atoms with Gasteiger partial charge in [-0.05, 0) is 51.3 Å². The zero-order chi connectivity index (χ0) is 13.1. The van der Waals surface area contributed by atoms with Crippen molar-refractivity contribution >= 4 is 5.82 Å². The molecule has 1 aliphatic heterocycles. The molecule has 1 atom stereocenters. The van der Waals surface area contributed by atoms with Gasteiger partial charge in [-0.3, -0.25) is 4.90 Å². The maximum Gasteiger partial charge on any atom is 0.130 e. The standard InChI is InChI=1S/C16H25N3/c1-2-11-19-12-4-3-7-15(19)14-6-5-10-17-16(14)18-13-8-9-13/h5-6,10,13,15H,2-4,7-9,11-12H2,1H3,(H,17,18). The molecule has 2 aliphatic rings. The van der Waals surface area contributed by atoms with E-state index in [0.29, 0.717) is 12.1 Å². The van der Waals surface area contributed by atoms with Crippen LogP contribution in [0.4, 0.5) is 5.82 Å². The molecule has 1 aromatic heterocycles. The second-order valence-corrected chi connectivity index (χ2v) is 5.91. The van der Waals surface area contributed by atoms with Crippen LogP contribution in [0.25, 0.3) is 0 Å². The summed E-state index contributed by atoms with van der Waals surface area (Å²) in [6.45, 7) is 4.73. The van der Waals surface area contributed by atoms with Crippen molar-refractivity contribution in [1.29, 1.82) is 0 Å². The Kier molecular flexibility index (Phi) is 4.02. The predicted molar refractivity (Wildman–Crippen MR) is 79.3 cm³/mol. The zero-order valence-corrected chi connectivity index (χ0v) is 11.9. The molecule has 2 fully saturated rings. The lowest BCUT2D eigenvalue weighted by Crippen LogP contribution is -2.34. The summed E-state index contributed by atoms with van der Waals surface area (Å²) in [4.78, 5) is 7.24. The molecular weight excluding hydrogens is 234 g/mol. The van der Waals surface area contributed by atoms with Gasteiger partial charge in [-0.15, -0.1) is 0 Å². The van der Waals surface area contributed by atoms with E-state index in [1.165, 1.54) is 57.2 Å². The minimum Gasteiger partial charge on any atom is -0.367 e. The Morgan fingerprint density at radius 3 is 3.00 bits per heavy atom. The van der Waals surface area contributed by atoms with Gasteiger partial charge in [0.2, 0.25) is 0 Å². The Morgan fingerprint density at radius 1 is 1.32 bits per heavy atom. The molecule has 1 aliphatic carbocycles. The molecule has 1 aromatic rings. The second-order valence-electron chi connectivity index (χ2n) is 5.91. The molecule has 1 saturated carbocycles. The molecule has 104 valence electrons. The molecule has 1 saturated heterocycles. The van der Waals surface area contributed by atoms with Gasteiger partial charge in [-0.25, -0.2) is 4.98 Å². The smallest absolute Gasteiger partial charge is 0.130 e. The SMILES string of the molecule is CCCN1CCCCC1c1cccnc1NC1CC1. The predicted octanol–water partition coefficient (Wildman–Crippen LogP) is 3.59. The van der Waals surface area contributed by atoms with E-state index in [2.05, 4.69) is 34.3 Å². The van der Waals surface area contributed by atoms with Gasteiger partial charge in [0.05, 0.1) is 0 Å². The molecule has 0 aromatic carbocycles. The third-order valence-electron chi connectivity index (χ3n) is 4.24. The average molecular weight is 259 g/mol. The Bertz CT molecular complexity index is 412. The van der Waals surface area contributed by atoms with Crippen molar-refractivity contribution < 1.29 is 0 Å². The highest BCUT2D eigenvalue weighted by molar-refractivity contribution is 5.47. The summed E-state index contributed by atoms with van der Waals surface area (Å²) < 4.78 is 0. The number of aromatic nitrogens is 1. The molecule has 3 nitrogen and oxygen atoms in total. The maximum atomic E-state index is 4.59. The Morgan fingerprint density at radius 2 is 2.21 bits per heavy atom. The normalized spacial score (nSPS) is 24.4. The second kappa shape index (κ2) is 5.91. The molecule has 1 N–H and O–H groups in total. The van der Waals surface area contributed by atoms with Gasteiger partial charge in [-0.1, -0.05) is 19.4 Å². The number of likely N-dealkylation sites (tertiary alicyclic amines) is 1. The first-order chi connectivity index (χ1) is 9.38. The molecule has 0 radical (unpaired) electrons. The molecule has 3 rings (SSSR count). The summed E-state index contributed by atoms with van der Waals surface area (Å²) in [7, 11) is 0. The summed E-state index contributed by atoms with van der Waals surface area (Å²) in [5.41, 5.74) is 1.42. The van der Waals surface area contributed by atoms with E-state index in [4.69, 9.17) is 0 Å². The van der Waals surface area contributed by atoms with Gasteiger partial charge in [0.25, 0.3) is 0 Å². The lowest BCUT2D eigenvalue weighted by atomic mass is 9.95. The number of nitrogens with one attached hydrogen (secondary N) is 1. The summed E-state index contributed by atoms with van der Waals surface area (Å²) >= 11 is 0. The van der Waals surface area contributed by atoms with Gasteiger partial charge < -0.3 is 5.32 Å². The fraction of sp³-hybridized carbons (Fsp3) is 0.688. The lowest BCUT2D eigenvalue weighted by Gasteiger charge is -2.36. The molecule has 0 amide bonds. The van der Waals surface area contributed by atoms with Crippen LogP contribution in [-0.2, 0) is 0 Å². The average Bonchev–Trinajstić information content (AvgIpc) is 3.25. The van der Waals surface area contributed by atoms with Gasteiger partial charge in [-0.2, -0.15) is 0 Å². The van der Waals surface area contributed by atoms with Crippen LogP contribution in [0.3, 0.4) is 0 Å². The number of hydrogen-bond acceptors (Lipinski definition) is 3. The van der Waals surface area contributed by atoms with Crippen molar-refractivity contribution in [3.63, 3.8) is 0 Å². The third-order valence-corrected chi connectivity index (χ3v) is 4.24. The minimum absolute atomic E-state index is 0.573. The molecule has 0 spiro atoms. The molecule has 3 heteroatoms. The fourth-order valence-electron chi connectivity index (χ4n) is 3.13. The minimum atomic E-state index is 0.573. The number of nitrogens with zero attached hydrogens (tertiary/aromatic N) is 2. The first-order valence-corrected chi connectivity index (χ1v) is 7.84. The van der Waals surface area contributed by atoms with Gasteiger partial charge >= 0.3 is 0 Å². The number of hydrogen-bond donors (Lipinski definition) is 1. The van der Waals surface area contributed by atoms with Crippen molar-refractivity contribution in [2.75, 3.05) is 18.4 Å². The third kappa shape index (κ3) is 3.08. The number of pyridine rings is 1. The van der Waals surface area contributed by atoms with Crippen molar-refractivity contribution in [3.8, 4) is 0 Å². The molecule has 1 unspecified atom stereocenters. The van der Waals surface area contributed by atoms with Crippen LogP contribution in [0.2, 0.25) is 0 Å². The molecule has 2 heterocycles. The van der Waals surface area contributed by atoms with Crippen LogP contribution in [0.5, 0.6) is 0 Å². The van der Waals surface area contributed by atoms with Crippen LogP contribution >= 0.6 is 0 Å². The zero-order valence-electron chi connectivity index (χ0n) is 11.9. The first kappa shape index (κ1) is 12.9. The highest BCUT2D eigenvalue weighted by Gasteiger charge is 2.28. The number of anilines is 1. The van der Waals surface area contributed by atoms with Crippen molar-refractivity contribution in [3.05, 3.63) is 23.9 Å². The lowest BCUT2D eigenvalue weighted by molar-refractivity contribution is 0.149. The molecule has 0 bridgehead atoms. The Labute approximate surface area is 116 Å².